The first-order chi connectivity index (χ1) is 11.8. The number of hydrogen-bond acceptors (Lipinski definition) is 4. The van der Waals surface area contributed by atoms with Crippen LogP contribution in [0, 0.1) is 13.8 Å². The Hall–Kier alpha value is -3.02. The van der Waals surface area contributed by atoms with Crippen LogP contribution in [0.1, 0.15) is 36.5 Å². The second-order valence-corrected chi connectivity index (χ2v) is 6.44. The molecule has 0 spiro atoms. The summed E-state index contributed by atoms with van der Waals surface area (Å²) < 4.78 is 6.07. The van der Waals surface area contributed by atoms with Gasteiger partial charge in [-0.1, -0.05) is 13.8 Å². The fourth-order valence-corrected chi connectivity index (χ4v) is 2.83. The van der Waals surface area contributed by atoms with E-state index in [2.05, 4.69) is 15.2 Å². The van der Waals surface area contributed by atoms with Crippen molar-refractivity contribution in [2.24, 2.45) is 0 Å². The number of nitrogens with zero attached hydrogens (tertiary/aromatic N) is 1. The molecule has 0 aliphatic heterocycles. The number of phenols is 1. The SMILES string of the molecule is Cc1cc(-c2n[nH]c(=O)[nH]2)cc(C)c1Oc1ccc(O)c(C(C)C)c1. The Balaban J connectivity index is 1.96. The Labute approximate surface area is 145 Å². The van der Waals surface area contributed by atoms with Crippen LogP contribution in [0.3, 0.4) is 0 Å². The standard InChI is InChI=1S/C19H21N3O3/c1-10(2)15-9-14(5-6-16(15)23)25-17-11(3)7-13(8-12(17)4)18-20-19(24)22-21-18/h5-10,23H,1-4H3,(H2,20,21,22,24). The molecular weight excluding hydrogens is 318 g/mol. The van der Waals surface area contributed by atoms with Crippen LogP contribution in [0.25, 0.3) is 11.4 Å². The summed E-state index contributed by atoms with van der Waals surface area (Å²) in [5.41, 5.74) is 3.18. The molecule has 0 amide bonds. The lowest BCUT2D eigenvalue weighted by molar-refractivity contribution is 0.452. The lowest BCUT2D eigenvalue weighted by Gasteiger charge is -2.15. The average Bonchev–Trinajstić information content (AvgIpc) is 2.98. The molecule has 0 atom stereocenters. The minimum absolute atomic E-state index is 0.199. The fourth-order valence-electron chi connectivity index (χ4n) is 2.83. The van der Waals surface area contributed by atoms with Gasteiger partial charge >= 0.3 is 5.69 Å². The second kappa shape index (κ2) is 6.47. The van der Waals surface area contributed by atoms with Gasteiger partial charge in [-0.3, -0.25) is 4.98 Å². The van der Waals surface area contributed by atoms with E-state index in [-0.39, 0.29) is 17.4 Å². The lowest BCUT2D eigenvalue weighted by atomic mass is 10.0. The molecule has 0 saturated heterocycles. The number of rotatable bonds is 4. The highest BCUT2D eigenvalue weighted by atomic mass is 16.5. The minimum Gasteiger partial charge on any atom is -0.508 e. The summed E-state index contributed by atoms with van der Waals surface area (Å²) in [6.07, 6.45) is 0. The maximum Gasteiger partial charge on any atom is 0.340 e. The monoisotopic (exact) mass is 339 g/mol. The number of H-pyrrole nitrogens is 2. The number of ether oxygens (including phenoxy) is 1. The lowest BCUT2D eigenvalue weighted by Crippen LogP contribution is -2.00. The van der Waals surface area contributed by atoms with Gasteiger partial charge in [0.25, 0.3) is 0 Å². The maximum absolute atomic E-state index is 11.2. The first-order valence-corrected chi connectivity index (χ1v) is 8.12. The van der Waals surface area contributed by atoms with Crippen LogP contribution in [0.4, 0.5) is 0 Å². The summed E-state index contributed by atoms with van der Waals surface area (Å²) in [5.74, 6) is 2.39. The number of aryl methyl sites for hydroxylation is 2. The second-order valence-electron chi connectivity index (χ2n) is 6.44. The average molecular weight is 339 g/mol. The molecule has 0 radical (unpaired) electrons. The van der Waals surface area contributed by atoms with E-state index in [9.17, 15) is 9.90 Å². The molecule has 0 bridgehead atoms. The Morgan fingerprint density at radius 1 is 1.12 bits per heavy atom. The number of hydrogen-bond donors (Lipinski definition) is 3. The number of aromatic hydroxyl groups is 1. The molecule has 0 fully saturated rings. The van der Waals surface area contributed by atoms with Gasteiger partial charge in [0.2, 0.25) is 0 Å². The quantitative estimate of drug-likeness (QED) is 0.670. The van der Waals surface area contributed by atoms with Gasteiger partial charge in [-0.2, -0.15) is 5.10 Å². The molecule has 6 heteroatoms. The molecule has 1 heterocycles. The van der Waals surface area contributed by atoms with Crippen LogP contribution in [0.2, 0.25) is 0 Å². The molecule has 3 aromatic rings. The number of phenolic OH excluding ortho intramolecular Hbond substituents is 1. The van der Waals surface area contributed by atoms with Gasteiger partial charge in [-0.05, 0) is 61.2 Å². The highest BCUT2D eigenvalue weighted by Gasteiger charge is 2.13. The van der Waals surface area contributed by atoms with Crippen LogP contribution < -0.4 is 10.4 Å². The van der Waals surface area contributed by atoms with Crippen molar-refractivity contribution in [1.29, 1.82) is 0 Å². The third kappa shape index (κ3) is 3.42. The first-order valence-electron chi connectivity index (χ1n) is 8.12. The van der Waals surface area contributed by atoms with Crippen molar-refractivity contribution in [2.45, 2.75) is 33.6 Å². The predicted molar refractivity (Wildman–Crippen MR) is 96.4 cm³/mol. The first kappa shape index (κ1) is 16.8. The van der Waals surface area contributed by atoms with Crippen LogP contribution in [0.15, 0.2) is 35.1 Å². The van der Waals surface area contributed by atoms with E-state index in [0.29, 0.717) is 11.6 Å². The highest BCUT2D eigenvalue weighted by molar-refractivity contribution is 5.61. The molecule has 3 N–H and O–H groups in total. The summed E-state index contributed by atoms with van der Waals surface area (Å²) in [6.45, 7) is 7.93. The smallest absolute Gasteiger partial charge is 0.340 e. The predicted octanol–water partition coefficient (Wildman–Crippen LogP) is 4.00. The van der Waals surface area contributed by atoms with Crippen molar-refractivity contribution in [3.63, 3.8) is 0 Å². The molecule has 6 nitrogen and oxygen atoms in total. The minimum atomic E-state index is -0.337. The number of benzene rings is 2. The van der Waals surface area contributed by atoms with Crippen LogP contribution in [0.5, 0.6) is 17.2 Å². The summed E-state index contributed by atoms with van der Waals surface area (Å²) in [4.78, 5) is 13.9. The van der Waals surface area contributed by atoms with Gasteiger partial charge in [-0.25, -0.2) is 9.89 Å². The molecule has 0 saturated carbocycles. The molecule has 0 aliphatic carbocycles. The van der Waals surface area contributed by atoms with Gasteiger partial charge < -0.3 is 9.84 Å². The highest BCUT2D eigenvalue weighted by Crippen LogP contribution is 2.35. The van der Waals surface area contributed by atoms with E-state index < -0.39 is 0 Å². The topological polar surface area (TPSA) is 91.0 Å². The zero-order chi connectivity index (χ0) is 18.1. The Morgan fingerprint density at radius 2 is 1.80 bits per heavy atom. The van der Waals surface area contributed by atoms with Crippen molar-refractivity contribution >= 4 is 0 Å². The zero-order valence-corrected chi connectivity index (χ0v) is 14.7. The van der Waals surface area contributed by atoms with Crippen LogP contribution >= 0.6 is 0 Å². The Kier molecular flexibility index (Phi) is 4.35. The van der Waals surface area contributed by atoms with Gasteiger partial charge in [-0.15, -0.1) is 0 Å². The summed E-state index contributed by atoms with van der Waals surface area (Å²) >= 11 is 0. The summed E-state index contributed by atoms with van der Waals surface area (Å²) in [7, 11) is 0. The normalized spacial score (nSPS) is 11.1. The van der Waals surface area contributed by atoms with Crippen molar-refractivity contribution in [2.75, 3.05) is 0 Å². The number of aromatic nitrogens is 3. The van der Waals surface area contributed by atoms with E-state index in [1.54, 1.807) is 12.1 Å². The largest absolute Gasteiger partial charge is 0.508 e. The molecule has 130 valence electrons. The van der Waals surface area contributed by atoms with Crippen LogP contribution in [-0.4, -0.2) is 20.3 Å². The van der Waals surface area contributed by atoms with E-state index in [1.807, 2.05) is 45.9 Å². The summed E-state index contributed by atoms with van der Waals surface area (Å²) in [5, 5.41) is 16.3. The molecule has 3 rings (SSSR count). The van der Waals surface area contributed by atoms with Crippen molar-refractivity contribution in [1.82, 2.24) is 15.2 Å². The zero-order valence-electron chi connectivity index (χ0n) is 14.7. The maximum atomic E-state index is 11.2. The summed E-state index contributed by atoms with van der Waals surface area (Å²) in [6, 6.07) is 9.09. The molecular formula is C19H21N3O3. The Morgan fingerprint density at radius 3 is 2.36 bits per heavy atom. The van der Waals surface area contributed by atoms with Gasteiger partial charge in [0.1, 0.15) is 17.2 Å². The molecule has 0 aliphatic rings. The fraction of sp³-hybridized carbons (Fsp3) is 0.263. The Bertz CT molecular complexity index is 947. The van der Waals surface area contributed by atoms with E-state index >= 15 is 0 Å². The molecule has 0 unspecified atom stereocenters. The molecule has 1 aromatic heterocycles. The van der Waals surface area contributed by atoms with Gasteiger partial charge in [0.15, 0.2) is 5.82 Å². The third-order valence-corrected chi connectivity index (χ3v) is 4.08. The van der Waals surface area contributed by atoms with Gasteiger partial charge in [0.05, 0.1) is 0 Å². The van der Waals surface area contributed by atoms with Crippen molar-refractivity contribution < 1.29 is 9.84 Å². The van der Waals surface area contributed by atoms with Gasteiger partial charge in [0, 0.05) is 11.1 Å². The molecule has 2 aromatic carbocycles. The van der Waals surface area contributed by atoms with Crippen molar-refractivity contribution in [3.8, 4) is 28.6 Å². The van der Waals surface area contributed by atoms with E-state index in [0.717, 1.165) is 28.0 Å². The van der Waals surface area contributed by atoms with E-state index in [4.69, 9.17) is 4.74 Å². The van der Waals surface area contributed by atoms with Crippen LogP contribution in [-0.2, 0) is 0 Å². The van der Waals surface area contributed by atoms with Crippen molar-refractivity contribution in [3.05, 3.63) is 57.5 Å². The third-order valence-electron chi connectivity index (χ3n) is 4.08. The molecule has 25 heavy (non-hydrogen) atoms. The van der Waals surface area contributed by atoms with E-state index in [1.165, 1.54) is 0 Å². The number of nitrogens with one attached hydrogen (secondary N) is 2. The number of aromatic amines is 2.